The fourth-order valence-corrected chi connectivity index (χ4v) is 2.50. The molecule has 2 atom stereocenters. The number of rotatable bonds is 6. The predicted octanol–water partition coefficient (Wildman–Crippen LogP) is 3.29. The normalized spacial score (nSPS) is 21.1. The number of nitrogens with one attached hydrogen (secondary N) is 1. The van der Waals surface area contributed by atoms with Crippen molar-refractivity contribution in [3.63, 3.8) is 0 Å². The maximum atomic E-state index is 13.7. The van der Waals surface area contributed by atoms with Crippen LogP contribution in [0.5, 0.6) is 0 Å². The van der Waals surface area contributed by atoms with E-state index in [0.29, 0.717) is 5.92 Å². The summed E-state index contributed by atoms with van der Waals surface area (Å²) in [6.45, 7) is 4.80. The summed E-state index contributed by atoms with van der Waals surface area (Å²) >= 11 is 0. The van der Waals surface area contributed by atoms with Crippen molar-refractivity contribution < 1.29 is 9.13 Å². The summed E-state index contributed by atoms with van der Waals surface area (Å²) in [5, 5.41) is 3.46. The van der Waals surface area contributed by atoms with Gasteiger partial charge in [-0.1, -0.05) is 25.1 Å². The van der Waals surface area contributed by atoms with Crippen molar-refractivity contribution in [2.24, 2.45) is 5.92 Å². The van der Waals surface area contributed by atoms with E-state index in [1.165, 1.54) is 6.07 Å². The highest BCUT2D eigenvalue weighted by Crippen LogP contribution is 2.21. The van der Waals surface area contributed by atoms with Crippen LogP contribution in [0, 0.1) is 11.7 Å². The van der Waals surface area contributed by atoms with Crippen molar-refractivity contribution in [1.82, 2.24) is 5.32 Å². The van der Waals surface area contributed by atoms with Gasteiger partial charge in [-0.05, 0) is 37.8 Å². The van der Waals surface area contributed by atoms with Gasteiger partial charge in [-0.25, -0.2) is 4.39 Å². The molecule has 0 amide bonds. The summed E-state index contributed by atoms with van der Waals surface area (Å²) in [4.78, 5) is 0. The van der Waals surface area contributed by atoms with Gasteiger partial charge in [0.05, 0.1) is 0 Å². The second-order valence-electron chi connectivity index (χ2n) is 4.95. The lowest BCUT2D eigenvalue weighted by Crippen LogP contribution is -2.24. The van der Waals surface area contributed by atoms with E-state index in [2.05, 4.69) is 12.2 Å². The zero-order valence-electron chi connectivity index (χ0n) is 11.0. The molecule has 1 aliphatic rings. The van der Waals surface area contributed by atoms with E-state index in [1.807, 2.05) is 12.1 Å². The van der Waals surface area contributed by atoms with Gasteiger partial charge in [0.15, 0.2) is 0 Å². The summed E-state index contributed by atoms with van der Waals surface area (Å²) in [5.41, 5.74) is 0.780. The number of hydrogen-bond acceptors (Lipinski definition) is 2. The predicted molar refractivity (Wildman–Crippen MR) is 71.0 cm³/mol. The van der Waals surface area contributed by atoms with E-state index >= 15 is 0 Å². The number of ether oxygens (including phenoxy) is 1. The molecular weight excluding hydrogens is 229 g/mol. The molecule has 0 saturated carbocycles. The molecule has 18 heavy (non-hydrogen) atoms. The maximum Gasteiger partial charge on any atom is 0.127 e. The molecule has 1 aromatic rings. The molecule has 1 aliphatic heterocycles. The Hall–Kier alpha value is -0.930. The van der Waals surface area contributed by atoms with Crippen LogP contribution in [0.15, 0.2) is 24.3 Å². The van der Waals surface area contributed by atoms with Crippen LogP contribution in [0.1, 0.15) is 37.8 Å². The lowest BCUT2D eigenvalue weighted by Gasteiger charge is -2.19. The van der Waals surface area contributed by atoms with Crippen molar-refractivity contribution in [1.29, 1.82) is 0 Å². The fourth-order valence-electron chi connectivity index (χ4n) is 2.50. The number of halogens is 1. The first kappa shape index (κ1) is 13.5. The Morgan fingerprint density at radius 2 is 2.28 bits per heavy atom. The zero-order valence-corrected chi connectivity index (χ0v) is 11.0. The van der Waals surface area contributed by atoms with Gasteiger partial charge in [-0.15, -0.1) is 0 Å². The number of hydrogen-bond donors (Lipinski definition) is 1. The van der Waals surface area contributed by atoms with Crippen molar-refractivity contribution in [2.45, 2.75) is 32.2 Å². The molecule has 1 N–H and O–H groups in total. The molecule has 1 saturated heterocycles. The summed E-state index contributed by atoms with van der Waals surface area (Å²) < 4.78 is 19.1. The van der Waals surface area contributed by atoms with E-state index in [1.54, 1.807) is 6.07 Å². The van der Waals surface area contributed by atoms with Crippen LogP contribution < -0.4 is 5.32 Å². The van der Waals surface area contributed by atoms with Crippen molar-refractivity contribution >= 4 is 0 Å². The van der Waals surface area contributed by atoms with Gasteiger partial charge in [-0.3, -0.25) is 0 Å². The molecule has 0 radical (unpaired) electrons. The average Bonchev–Trinajstić information content (AvgIpc) is 2.89. The van der Waals surface area contributed by atoms with Gasteiger partial charge < -0.3 is 10.1 Å². The molecule has 1 fully saturated rings. The molecule has 0 spiro atoms. The minimum Gasteiger partial charge on any atom is -0.381 e. The van der Waals surface area contributed by atoms with E-state index in [4.69, 9.17) is 4.74 Å². The van der Waals surface area contributed by atoms with Gasteiger partial charge in [0, 0.05) is 24.8 Å². The molecule has 0 bridgehead atoms. The van der Waals surface area contributed by atoms with E-state index in [9.17, 15) is 4.39 Å². The third-order valence-electron chi connectivity index (χ3n) is 3.66. The third-order valence-corrected chi connectivity index (χ3v) is 3.66. The molecular formula is C15H22FNO. The van der Waals surface area contributed by atoms with Crippen LogP contribution in [0.2, 0.25) is 0 Å². The molecule has 0 aromatic heterocycles. The highest BCUT2D eigenvalue weighted by Gasteiger charge is 2.17. The summed E-state index contributed by atoms with van der Waals surface area (Å²) in [7, 11) is 0. The molecule has 100 valence electrons. The van der Waals surface area contributed by atoms with Crippen molar-refractivity contribution in [2.75, 3.05) is 19.8 Å². The Morgan fingerprint density at radius 3 is 2.94 bits per heavy atom. The molecule has 2 unspecified atom stereocenters. The smallest absolute Gasteiger partial charge is 0.127 e. The van der Waals surface area contributed by atoms with Crippen LogP contribution in [0.3, 0.4) is 0 Å². The summed E-state index contributed by atoms with van der Waals surface area (Å²) in [5.74, 6) is 0.566. The molecule has 2 rings (SSSR count). The minimum atomic E-state index is -0.110. The minimum absolute atomic E-state index is 0.110. The monoisotopic (exact) mass is 251 g/mol. The summed E-state index contributed by atoms with van der Waals surface area (Å²) in [6, 6.07) is 7.16. The van der Waals surface area contributed by atoms with E-state index in [0.717, 1.165) is 44.6 Å². The first-order valence-electron chi connectivity index (χ1n) is 6.86. The molecule has 2 nitrogen and oxygen atoms in total. The highest BCUT2D eigenvalue weighted by atomic mass is 19.1. The fraction of sp³-hybridized carbons (Fsp3) is 0.600. The maximum absolute atomic E-state index is 13.7. The molecule has 1 aromatic carbocycles. The SMILES string of the molecule is CCC(NCCC1CCOC1)c1ccccc1F. The lowest BCUT2D eigenvalue weighted by molar-refractivity contribution is 0.184. The first-order chi connectivity index (χ1) is 8.81. The zero-order chi connectivity index (χ0) is 12.8. The Morgan fingerprint density at radius 1 is 1.44 bits per heavy atom. The van der Waals surface area contributed by atoms with Gasteiger partial charge in [0.1, 0.15) is 5.82 Å². The van der Waals surface area contributed by atoms with Crippen LogP contribution in [-0.2, 0) is 4.74 Å². The molecule has 3 heteroatoms. The quantitative estimate of drug-likeness (QED) is 0.837. The Bertz CT molecular complexity index is 363. The molecule has 1 heterocycles. The molecule has 0 aliphatic carbocycles. The van der Waals surface area contributed by atoms with Crippen molar-refractivity contribution in [3.8, 4) is 0 Å². The third kappa shape index (κ3) is 3.53. The van der Waals surface area contributed by atoms with Gasteiger partial charge >= 0.3 is 0 Å². The van der Waals surface area contributed by atoms with Crippen LogP contribution in [0.4, 0.5) is 4.39 Å². The Kier molecular flexibility index (Phi) is 5.14. The lowest BCUT2D eigenvalue weighted by atomic mass is 10.0. The van der Waals surface area contributed by atoms with Crippen LogP contribution >= 0.6 is 0 Å². The summed E-state index contributed by atoms with van der Waals surface area (Å²) in [6.07, 6.45) is 3.19. The van der Waals surface area contributed by atoms with E-state index in [-0.39, 0.29) is 11.9 Å². The van der Waals surface area contributed by atoms with E-state index < -0.39 is 0 Å². The Balaban J connectivity index is 1.83. The van der Waals surface area contributed by atoms with Gasteiger partial charge in [0.2, 0.25) is 0 Å². The van der Waals surface area contributed by atoms with Crippen molar-refractivity contribution in [3.05, 3.63) is 35.6 Å². The topological polar surface area (TPSA) is 21.3 Å². The highest BCUT2D eigenvalue weighted by molar-refractivity contribution is 5.21. The average molecular weight is 251 g/mol. The first-order valence-corrected chi connectivity index (χ1v) is 6.86. The second kappa shape index (κ2) is 6.86. The van der Waals surface area contributed by atoms with Crippen LogP contribution in [-0.4, -0.2) is 19.8 Å². The number of benzene rings is 1. The standard InChI is InChI=1S/C15H22FNO/c1-2-15(13-5-3-4-6-14(13)16)17-9-7-12-8-10-18-11-12/h3-6,12,15,17H,2,7-11H2,1H3. The van der Waals surface area contributed by atoms with Gasteiger partial charge in [0.25, 0.3) is 0 Å². The van der Waals surface area contributed by atoms with Gasteiger partial charge in [-0.2, -0.15) is 0 Å². The second-order valence-corrected chi connectivity index (χ2v) is 4.95. The van der Waals surface area contributed by atoms with Crippen LogP contribution in [0.25, 0.3) is 0 Å². The largest absolute Gasteiger partial charge is 0.381 e. The Labute approximate surface area is 109 Å².